The first-order chi connectivity index (χ1) is 11.0. The lowest BCUT2D eigenvalue weighted by Crippen LogP contribution is -2.44. The number of aromatic nitrogens is 3. The Morgan fingerprint density at radius 3 is 2.78 bits per heavy atom. The second kappa shape index (κ2) is 4.18. The van der Waals surface area contributed by atoms with Crippen molar-refractivity contribution in [1.29, 1.82) is 0 Å². The Balaban J connectivity index is 1.65. The van der Waals surface area contributed by atoms with Gasteiger partial charge in [-0.1, -0.05) is 35.5 Å². The molecule has 0 unspecified atom stereocenters. The van der Waals surface area contributed by atoms with E-state index in [0.29, 0.717) is 17.9 Å². The number of rotatable bonds is 1. The van der Waals surface area contributed by atoms with Crippen LogP contribution in [0.2, 0.25) is 0 Å². The number of hydrogen-bond acceptors (Lipinski definition) is 6. The predicted molar refractivity (Wildman–Crippen MR) is 78.1 cm³/mol. The van der Waals surface area contributed by atoms with Crippen molar-refractivity contribution < 1.29 is 19.3 Å². The highest BCUT2D eigenvalue weighted by atomic mass is 16.8. The fourth-order valence-corrected chi connectivity index (χ4v) is 3.83. The Labute approximate surface area is 132 Å². The zero-order chi connectivity index (χ0) is 15.8. The number of aliphatic hydroxyl groups is 1. The van der Waals surface area contributed by atoms with Crippen LogP contribution in [-0.4, -0.2) is 44.4 Å². The van der Waals surface area contributed by atoms with Crippen molar-refractivity contribution in [2.45, 2.75) is 50.3 Å². The molecule has 0 bridgehead atoms. The summed E-state index contributed by atoms with van der Waals surface area (Å²) in [7, 11) is 0. The Bertz CT molecular complexity index is 775. The first-order valence-corrected chi connectivity index (χ1v) is 7.72. The largest absolute Gasteiger partial charge is 0.378 e. The lowest BCUT2D eigenvalue weighted by molar-refractivity contribution is -0.228. The maximum atomic E-state index is 11.5. The highest BCUT2D eigenvalue weighted by molar-refractivity contribution is 5.63. The van der Waals surface area contributed by atoms with Gasteiger partial charge in [0.1, 0.15) is 23.6 Å². The lowest BCUT2D eigenvalue weighted by atomic mass is 9.89. The molecule has 23 heavy (non-hydrogen) atoms. The lowest BCUT2D eigenvalue weighted by Gasteiger charge is -2.28. The van der Waals surface area contributed by atoms with Gasteiger partial charge >= 0.3 is 0 Å². The molecule has 3 aliphatic rings. The van der Waals surface area contributed by atoms with Crippen LogP contribution in [0.3, 0.4) is 0 Å². The molecule has 2 fully saturated rings. The van der Waals surface area contributed by atoms with Crippen LogP contribution in [0.25, 0.3) is 11.3 Å². The molecule has 2 saturated heterocycles. The Morgan fingerprint density at radius 2 is 2.00 bits per heavy atom. The van der Waals surface area contributed by atoms with Crippen molar-refractivity contribution >= 4 is 0 Å². The van der Waals surface area contributed by atoms with Gasteiger partial charge in [0.2, 0.25) is 0 Å². The molecule has 1 N–H and O–H groups in total. The van der Waals surface area contributed by atoms with Gasteiger partial charge in [-0.25, -0.2) is 4.68 Å². The van der Waals surface area contributed by atoms with Crippen molar-refractivity contribution in [2.24, 2.45) is 0 Å². The van der Waals surface area contributed by atoms with E-state index in [4.69, 9.17) is 14.2 Å². The molecule has 0 saturated carbocycles. The normalized spacial score (nSPS) is 36.7. The van der Waals surface area contributed by atoms with Crippen LogP contribution < -0.4 is 0 Å². The van der Waals surface area contributed by atoms with Gasteiger partial charge in [-0.2, -0.15) is 0 Å². The molecule has 2 aromatic rings. The van der Waals surface area contributed by atoms with Gasteiger partial charge in [-0.3, -0.25) is 0 Å². The van der Waals surface area contributed by atoms with Crippen LogP contribution in [-0.2, 0) is 26.4 Å². The molecule has 4 atom stereocenters. The van der Waals surface area contributed by atoms with Crippen molar-refractivity contribution in [1.82, 2.24) is 15.0 Å². The predicted octanol–water partition coefficient (Wildman–Crippen LogP) is 1.02. The van der Waals surface area contributed by atoms with Gasteiger partial charge in [0, 0.05) is 5.56 Å². The second-order valence-corrected chi connectivity index (χ2v) is 6.71. The van der Waals surface area contributed by atoms with E-state index >= 15 is 0 Å². The fraction of sp³-hybridized carbons (Fsp3) is 0.500. The summed E-state index contributed by atoms with van der Waals surface area (Å²) in [5, 5.41) is 19.9. The summed E-state index contributed by atoms with van der Waals surface area (Å²) in [6.45, 7) is 4.07. The zero-order valence-corrected chi connectivity index (χ0v) is 12.8. The highest BCUT2D eigenvalue weighted by Crippen LogP contribution is 2.52. The van der Waals surface area contributed by atoms with Crippen LogP contribution in [0.5, 0.6) is 0 Å². The third-order valence-electron chi connectivity index (χ3n) is 4.78. The first-order valence-electron chi connectivity index (χ1n) is 7.72. The summed E-state index contributed by atoms with van der Waals surface area (Å²) in [6.07, 6.45) is -1.61. The Kier molecular flexibility index (Phi) is 2.48. The highest BCUT2D eigenvalue weighted by Gasteiger charge is 2.68. The molecular formula is C16H17N3O4. The molecule has 0 aliphatic carbocycles. The molecule has 120 valence electrons. The van der Waals surface area contributed by atoms with E-state index in [-0.39, 0.29) is 0 Å². The number of nitrogens with zero attached hydrogens (tertiary/aromatic N) is 3. The standard InChI is InChI=1S/C16H17N3O4/c1-15(2)22-13-14(23-15)21-10-8-19-12(16(10,13)20)11(17-18-19)9-6-4-3-5-7-9/h3-7,10,13-14,20H,8H2,1-2H3/t10-,13+,14-,16+/m1/s1. The number of fused-ring (bicyclic) bond motifs is 5. The number of ether oxygens (including phenoxy) is 3. The average molecular weight is 315 g/mol. The second-order valence-electron chi connectivity index (χ2n) is 6.71. The molecule has 0 amide bonds. The van der Waals surface area contributed by atoms with E-state index in [0.717, 1.165) is 5.56 Å². The van der Waals surface area contributed by atoms with Crippen molar-refractivity contribution in [3.63, 3.8) is 0 Å². The summed E-state index contributed by atoms with van der Waals surface area (Å²) >= 11 is 0. The maximum absolute atomic E-state index is 11.5. The third kappa shape index (κ3) is 1.68. The summed E-state index contributed by atoms with van der Waals surface area (Å²) in [6, 6.07) is 9.71. The molecular weight excluding hydrogens is 298 g/mol. The molecule has 5 rings (SSSR count). The molecule has 1 aromatic heterocycles. The van der Waals surface area contributed by atoms with Gasteiger partial charge in [0.15, 0.2) is 17.7 Å². The van der Waals surface area contributed by atoms with Crippen molar-refractivity contribution in [2.75, 3.05) is 0 Å². The van der Waals surface area contributed by atoms with E-state index in [9.17, 15) is 5.11 Å². The van der Waals surface area contributed by atoms with Gasteiger partial charge in [0.25, 0.3) is 0 Å². The summed E-state index contributed by atoms with van der Waals surface area (Å²) in [4.78, 5) is 0. The molecule has 0 radical (unpaired) electrons. The smallest absolute Gasteiger partial charge is 0.191 e. The summed E-state index contributed by atoms with van der Waals surface area (Å²) in [5.74, 6) is -0.788. The van der Waals surface area contributed by atoms with Crippen LogP contribution in [0.15, 0.2) is 30.3 Å². The van der Waals surface area contributed by atoms with E-state index in [1.165, 1.54) is 0 Å². The minimum atomic E-state index is -1.31. The molecule has 0 spiro atoms. The molecule has 1 aromatic carbocycles. The average Bonchev–Trinajstić information content (AvgIpc) is 3.19. The van der Waals surface area contributed by atoms with E-state index in [2.05, 4.69) is 10.3 Å². The first kappa shape index (κ1) is 13.6. The Morgan fingerprint density at radius 1 is 1.22 bits per heavy atom. The van der Waals surface area contributed by atoms with E-state index in [1.54, 1.807) is 4.68 Å². The van der Waals surface area contributed by atoms with Crippen LogP contribution >= 0.6 is 0 Å². The van der Waals surface area contributed by atoms with Gasteiger partial charge in [-0.05, 0) is 13.8 Å². The quantitative estimate of drug-likeness (QED) is 0.846. The Hall–Kier alpha value is -1.80. The van der Waals surface area contributed by atoms with E-state index in [1.807, 2.05) is 44.2 Å². The monoisotopic (exact) mass is 315 g/mol. The topological polar surface area (TPSA) is 78.6 Å². The minimum Gasteiger partial charge on any atom is -0.378 e. The molecule has 7 nitrogen and oxygen atoms in total. The molecule has 7 heteroatoms. The SMILES string of the molecule is CC1(C)O[C@H]2O[C@@H]3Cn4nnc(-c5ccccc5)c4[C@]3(O)[C@H]2O1. The maximum Gasteiger partial charge on any atom is 0.191 e. The van der Waals surface area contributed by atoms with Crippen LogP contribution in [0, 0.1) is 0 Å². The minimum absolute atomic E-state index is 0.436. The molecule has 4 heterocycles. The zero-order valence-electron chi connectivity index (χ0n) is 12.8. The fourth-order valence-electron chi connectivity index (χ4n) is 3.83. The van der Waals surface area contributed by atoms with Crippen molar-refractivity contribution in [3.8, 4) is 11.3 Å². The molecule has 3 aliphatic heterocycles. The van der Waals surface area contributed by atoms with Crippen molar-refractivity contribution in [3.05, 3.63) is 36.0 Å². The van der Waals surface area contributed by atoms with Gasteiger partial charge < -0.3 is 19.3 Å². The van der Waals surface area contributed by atoms with Gasteiger partial charge in [0.05, 0.1) is 6.54 Å². The van der Waals surface area contributed by atoms with Gasteiger partial charge in [-0.15, -0.1) is 5.10 Å². The number of benzene rings is 1. The summed E-state index contributed by atoms with van der Waals surface area (Å²) in [5.41, 5.74) is 0.896. The third-order valence-corrected chi connectivity index (χ3v) is 4.78. The number of hydrogen-bond donors (Lipinski definition) is 1. The van der Waals surface area contributed by atoms with E-state index < -0.39 is 29.9 Å². The van der Waals surface area contributed by atoms with Crippen LogP contribution in [0.4, 0.5) is 0 Å². The summed E-state index contributed by atoms with van der Waals surface area (Å²) < 4.78 is 19.3. The van der Waals surface area contributed by atoms with Crippen LogP contribution in [0.1, 0.15) is 19.5 Å².